The molecule has 6 heterocycles. The highest BCUT2D eigenvalue weighted by molar-refractivity contribution is 5.95. The van der Waals surface area contributed by atoms with Gasteiger partial charge in [-0.05, 0) is 62.3 Å². The molecular formula is C36H40F4N8O5. The molecule has 0 aromatic carbocycles. The maximum absolute atomic E-state index is 14.6. The van der Waals surface area contributed by atoms with Crippen molar-refractivity contribution in [3.63, 3.8) is 0 Å². The van der Waals surface area contributed by atoms with Crippen molar-refractivity contribution in [3.05, 3.63) is 53.5 Å². The number of rotatable bonds is 7. The Kier molecular flexibility index (Phi) is 9.31. The lowest BCUT2D eigenvalue weighted by Crippen LogP contribution is -2.44. The lowest BCUT2D eigenvalue weighted by atomic mass is 9.66. The van der Waals surface area contributed by atoms with E-state index in [0.717, 1.165) is 30.6 Å². The van der Waals surface area contributed by atoms with E-state index in [2.05, 4.69) is 30.2 Å². The summed E-state index contributed by atoms with van der Waals surface area (Å²) in [6.45, 7) is 2.47. The number of fused-ring (bicyclic) bond motifs is 4. The van der Waals surface area contributed by atoms with Gasteiger partial charge >= 0.3 is 12.1 Å². The monoisotopic (exact) mass is 740 g/mol. The first-order valence-electron chi connectivity index (χ1n) is 18.2. The van der Waals surface area contributed by atoms with Gasteiger partial charge in [-0.3, -0.25) is 9.59 Å². The Bertz CT molecular complexity index is 1840. The molecule has 3 aliphatic heterocycles. The average molecular weight is 741 g/mol. The fourth-order valence-corrected chi connectivity index (χ4v) is 9.11. The fraction of sp³-hybridized carbons (Fsp3) is 0.583. The SMILES string of the molecule is O=C(NC1CC2CC(C1)CC(C(=O)O)C2)c1cnc(N2CC3(CCOCC3)c3cc(OC4CCN(c5ncc(F)cn5)CC4)ncc32)nc1C(F)(F)F. The predicted octanol–water partition coefficient (Wildman–Crippen LogP) is 5.08. The van der Waals surface area contributed by atoms with Gasteiger partial charge in [0.2, 0.25) is 17.8 Å². The van der Waals surface area contributed by atoms with Crippen molar-refractivity contribution in [1.29, 1.82) is 0 Å². The van der Waals surface area contributed by atoms with Crippen LogP contribution in [0.2, 0.25) is 0 Å². The van der Waals surface area contributed by atoms with E-state index in [-0.39, 0.29) is 29.9 Å². The first-order chi connectivity index (χ1) is 25.4. The third-order valence-corrected chi connectivity index (χ3v) is 11.6. The quantitative estimate of drug-likeness (QED) is 0.311. The van der Waals surface area contributed by atoms with Gasteiger partial charge in [-0.15, -0.1) is 0 Å². The third kappa shape index (κ3) is 7.19. The molecule has 3 aromatic rings. The van der Waals surface area contributed by atoms with Crippen LogP contribution in [0.4, 0.5) is 35.1 Å². The van der Waals surface area contributed by atoms with Gasteiger partial charge in [0.25, 0.3) is 5.91 Å². The fourth-order valence-electron chi connectivity index (χ4n) is 9.11. The van der Waals surface area contributed by atoms with Crippen molar-refractivity contribution >= 4 is 29.5 Å². The summed E-state index contributed by atoms with van der Waals surface area (Å²) in [7, 11) is 0. The van der Waals surface area contributed by atoms with Gasteiger partial charge in [0.15, 0.2) is 11.5 Å². The van der Waals surface area contributed by atoms with Crippen LogP contribution in [-0.2, 0) is 21.1 Å². The molecule has 2 N–H and O–H groups in total. The summed E-state index contributed by atoms with van der Waals surface area (Å²) in [5.74, 6) is -1.78. The molecule has 3 aromatic heterocycles. The molecule has 1 amide bonds. The Balaban J connectivity index is 1.00. The number of carbonyl (C=O) groups excluding carboxylic acids is 1. The molecule has 2 saturated carbocycles. The number of nitrogens with one attached hydrogen (secondary N) is 1. The van der Waals surface area contributed by atoms with Crippen molar-refractivity contribution in [1.82, 2.24) is 30.2 Å². The summed E-state index contributed by atoms with van der Waals surface area (Å²) in [6, 6.07) is 1.50. The van der Waals surface area contributed by atoms with E-state index in [1.807, 2.05) is 11.0 Å². The molecule has 17 heteroatoms. The number of alkyl halides is 3. The minimum absolute atomic E-state index is 0.0952. The second-order valence-electron chi connectivity index (χ2n) is 15.1. The zero-order chi connectivity index (χ0) is 36.9. The van der Waals surface area contributed by atoms with Crippen LogP contribution >= 0.6 is 0 Å². The van der Waals surface area contributed by atoms with Crippen LogP contribution < -0.4 is 19.9 Å². The normalized spacial score (nSPS) is 25.6. The topological polar surface area (TPSA) is 156 Å². The van der Waals surface area contributed by atoms with Crippen LogP contribution in [0.15, 0.2) is 30.9 Å². The number of hydrogen-bond donors (Lipinski definition) is 2. The summed E-state index contributed by atoms with van der Waals surface area (Å²) in [6.07, 6.45) is 5.21. The number of carbonyl (C=O) groups is 2. The van der Waals surface area contributed by atoms with E-state index in [1.54, 1.807) is 11.1 Å². The average Bonchev–Trinajstić information content (AvgIpc) is 3.43. The van der Waals surface area contributed by atoms with Crippen LogP contribution in [0.3, 0.4) is 0 Å². The number of carboxylic acid groups (broad SMARTS) is 1. The van der Waals surface area contributed by atoms with Gasteiger partial charge in [0, 0.05) is 69.4 Å². The molecule has 282 valence electrons. The Morgan fingerprint density at radius 3 is 2.26 bits per heavy atom. The first kappa shape index (κ1) is 35.4. The maximum Gasteiger partial charge on any atom is 0.434 e. The van der Waals surface area contributed by atoms with Crippen LogP contribution in [0.1, 0.15) is 79.4 Å². The first-order valence-corrected chi connectivity index (χ1v) is 18.2. The molecule has 5 aliphatic rings. The minimum Gasteiger partial charge on any atom is -0.481 e. The highest BCUT2D eigenvalue weighted by Gasteiger charge is 2.47. The van der Waals surface area contributed by atoms with Crippen molar-refractivity contribution in [2.45, 2.75) is 81.5 Å². The number of nitrogens with zero attached hydrogens (tertiary/aromatic N) is 7. The Labute approximate surface area is 302 Å². The molecule has 2 bridgehead atoms. The smallest absolute Gasteiger partial charge is 0.434 e. The van der Waals surface area contributed by atoms with E-state index in [0.29, 0.717) is 102 Å². The number of hydrogen-bond acceptors (Lipinski definition) is 11. The zero-order valence-electron chi connectivity index (χ0n) is 28.9. The Hall–Kier alpha value is -4.67. The summed E-state index contributed by atoms with van der Waals surface area (Å²) < 4.78 is 69.1. The molecule has 8 rings (SSSR count). The highest BCUT2D eigenvalue weighted by atomic mass is 19.4. The largest absolute Gasteiger partial charge is 0.481 e. The second-order valence-corrected chi connectivity index (χ2v) is 15.1. The standard InChI is InChI=1S/C36H40F4N8O5/c37-23-15-42-33(43-16-23)47-5-1-25(2-6-47)53-29-14-27-28(18-41-29)48(19-35(27)3-7-52-8-4-35)34-44-17-26(30(46-34)36(38,39)40)31(49)45-24-12-20-9-21(13-24)11-22(10-20)32(50)51/h14-18,20-22,24-25H,1-13,19H2,(H,45,49)(H,50,51). The van der Waals surface area contributed by atoms with Crippen LogP contribution in [0.5, 0.6) is 5.88 Å². The molecule has 0 radical (unpaired) electrons. The van der Waals surface area contributed by atoms with Crippen LogP contribution in [0, 0.1) is 23.6 Å². The lowest BCUT2D eigenvalue weighted by molar-refractivity contribution is -0.144. The number of pyridine rings is 1. The summed E-state index contributed by atoms with van der Waals surface area (Å²) in [5.41, 5.74) is -0.994. The zero-order valence-corrected chi connectivity index (χ0v) is 28.9. The van der Waals surface area contributed by atoms with E-state index in [4.69, 9.17) is 9.47 Å². The van der Waals surface area contributed by atoms with Crippen LogP contribution in [0.25, 0.3) is 0 Å². The molecule has 2 unspecified atom stereocenters. The maximum atomic E-state index is 14.6. The minimum atomic E-state index is -4.94. The second kappa shape index (κ2) is 14.0. The number of halogens is 4. The number of anilines is 3. The molecule has 1 spiro atoms. The number of carboxylic acids is 1. The molecule has 2 saturated heterocycles. The molecule has 2 atom stereocenters. The van der Waals surface area contributed by atoms with Crippen molar-refractivity contribution in [2.75, 3.05) is 42.6 Å². The van der Waals surface area contributed by atoms with Gasteiger partial charge in [0.05, 0.1) is 35.8 Å². The molecular weight excluding hydrogens is 700 g/mol. The van der Waals surface area contributed by atoms with E-state index in [1.165, 1.54) is 0 Å². The highest BCUT2D eigenvalue weighted by Crippen LogP contribution is 2.50. The van der Waals surface area contributed by atoms with Crippen LogP contribution in [-0.4, -0.2) is 86.9 Å². The number of ether oxygens (including phenoxy) is 2. The third-order valence-electron chi connectivity index (χ3n) is 11.6. The Morgan fingerprint density at radius 1 is 0.925 bits per heavy atom. The number of piperidine rings is 1. The lowest BCUT2D eigenvalue weighted by Gasteiger charge is -2.41. The van der Waals surface area contributed by atoms with Gasteiger partial charge in [-0.2, -0.15) is 13.2 Å². The Morgan fingerprint density at radius 2 is 1.60 bits per heavy atom. The van der Waals surface area contributed by atoms with Crippen molar-refractivity contribution < 1.29 is 41.7 Å². The van der Waals surface area contributed by atoms with Gasteiger partial charge in [0.1, 0.15) is 6.10 Å². The number of aromatic nitrogens is 5. The predicted molar refractivity (Wildman–Crippen MR) is 180 cm³/mol. The number of amides is 1. The molecule has 53 heavy (non-hydrogen) atoms. The molecule has 13 nitrogen and oxygen atoms in total. The number of aliphatic carboxylic acids is 1. The van der Waals surface area contributed by atoms with Crippen molar-refractivity contribution in [2.24, 2.45) is 17.8 Å². The van der Waals surface area contributed by atoms with Gasteiger partial charge in [-0.1, -0.05) is 0 Å². The summed E-state index contributed by atoms with van der Waals surface area (Å²) >= 11 is 0. The van der Waals surface area contributed by atoms with Gasteiger partial charge in [-0.25, -0.2) is 29.3 Å². The van der Waals surface area contributed by atoms with E-state index in [9.17, 15) is 32.3 Å². The van der Waals surface area contributed by atoms with Crippen molar-refractivity contribution in [3.8, 4) is 5.88 Å². The molecule has 2 aliphatic carbocycles. The summed E-state index contributed by atoms with van der Waals surface area (Å²) in [5, 5.41) is 12.3. The summed E-state index contributed by atoms with van der Waals surface area (Å²) in [4.78, 5) is 49.6. The van der Waals surface area contributed by atoms with E-state index < -0.39 is 46.5 Å². The molecule has 4 fully saturated rings. The van der Waals surface area contributed by atoms with Gasteiger partial charge < -0.3 is 29.7 Å². The van der Waals surface area contributed by atoms with E-state index >= 15 is 0 Å².